The van der Waals surface area contributed by atoms with E-state index in [1.807, 2.05) is 0 Å². The summed E-state index contributed by atoms with van der Waals surface area (Å²) in [6, 6.07) is 22.5. The Morgan fingerprint density at radius 1 is 0.369 bits per heavy atom. The molecule has 65 heavy (non-hydrogen) atoms. The fourth-order valence-corrected chi connectivity index (χ4v) is 22.9. The quantitative estimate of drug-likeness (QED) is 0.170. The third kappa shape index (κ3) is 5.23. The van der Waals surface area contributed by atoms with E-state index < -0.39 is 0 Å². The van der Waals surface area contributed by atoms with Gasteiger partial charge in [0.2, 0.25) is 0 Å². The van der Waals surface area contributed by atoms with Crippen molar-refractivity contribution in [2.24, 2.45) is 71.0 Å². The van der Waals surface area contributed by atoms with Crippen LogP contribution in [-0.4, -0.2) is 19.1 Å². The maximum Gasteiger partial charge on any atom is 0.120 e. The Morgan fingerprint density at radius 2 is 0.646 bits per heavy atom. The zero-order chi connectivity index (χ0) is 42.2. The van der Waals surface area contributed by atoms with Crippen molar-refractivity contribution >= 4 is 33.7 Å². The second-order valence-corrected chi connectivity index (χ2v) is 27.7. The first-order valence-corrected chi connectivity index (χ1v) is 28.0. The monoisotopic (exact) mass is 881 g/mol. The van der Waals surface area contributed by atoms with Gasteiger partial charge in [0.05, 0.1) is 38.5 Å². The van der Waals surface area contributed by atoms with Gasteiger partial charge in [-0.1, -0.05) is 29.8 Å². The van der Waals surface area contributed by atoms with Crippen LogP contribution >= 0.6 is 11.6 Å². The van der Waals surface area contributed by atoms with Gasteiger partial charge in [0.15, 0.2) is 0 Å². The van der Waals surface area contributed by atoms with Crippen molar-refractivity contribution < 1.29 is 0 Å². The van der Waals surface area contributed by atoms with Crippen LogP contribution < -0.4 is 0 Å². The lowest BCUT2D eigenvalue weighted by molar-refractivity contribution is -0.00986. The number of aromatic nitrogens is 4. The maximum atomic E-state index is 8.24. The van der Waals surface area contributed by atoms with Crippen LogP contribution in [0.1, 0.15) is 177 Å². The van der Waals surface area contributed by atoms with Crippen LogP contribution in [0.15, 0.2) is 54.6 Å². The van der Waals surface area contributed by atoms with Crippen LogP contribution in [0.4, 0.5) is 0 Å². The first-order valence-electron chi connectivity index (χ1n) is 27.6. The average Bonchev–Trinajstić information content (AvgIpc) is 3.85. The first-order chi connectivity index (χ1) is 31.7. The highest BCUT2D eigenvalue weighted by molar-refractivity contribution is 6.34. The van der Waals surface area contributed by atoms with Crippen LogP contribution in [-0.2, 0) is 21.7 Å². The number of hydrogen-bond donors (Lipinski definition) is 0. The Bertz CT molecular complexity index is 2520. The number of rotatable bonds is 6. The summed E-state index contributed by atoms with van der Waals surface area (Å²) < 4.78 is 5.29. The predicted molar refractivity (Wildman–Crippen MR) is 260 cm³/mol. The van der Waals surface area contributed by atoms with Gasteiger partial charge in [-0.05, 0) is 283 Å². The van der Waals surface area contributed by atoms with Gasteiger partial charge < -0.3 is 0 Å². The smallest absolute Gasteiger partial charge is 0.120 e. The van der Waals surface area contributed by atoms with Gasteiger partial charge in [0.1, 0.15) is 11.6 Å². The molecule has 0 radical (unpaired) electrons. The standard InChI is InChI=1S/C60H69ClN4/c61-54-52(64-50-6-4-46(57-22-34-8-35(23-57)10-36(9-34)24-57)20-48(50)62-55(64)59-28-40-14-41(29-59)16-42(15-40)30-59)2-1-3-53(54)65-51-7-5-47(58-25-37-11-38(26-58)13-39(12-37)27-58)21-49(51)63-56(65)60-31-43-17-44(32-60)19-45(18-43)33-60/h1-7,20-21,34-45H,8-19,22-33H2. The van der Waals surface area contributed by atoms with Crippen molar-refractivity contribution in [2.45, 2.75) is 176 Å². The highest BCUT2D eigenvalue weighted by Gasteiger charge is 2.57. The second kappa shape index (κ2) is 12.7. The summed E-state index contributed by atoms with van der Waals surface area (Å²) in [5.74, 6) is 13.4. The molecular weight excluding hydrogens is 812 g/mol. The molecule has 16 aliphatic carbocycles. The van der Waals surface area contributed by atoms with Crippen LogP contribution in [0.25, 0.3) is 33.4 Å². The molecular formula is C60H69ClN4. The molecule has 2 heterocycles. The van der Waals surface area contributed by atoms with Gasteiger partial charge in [-0.25, -0.2) is 9.97 Å². The fraction of sp³-hybridized carbons (Fsp3) is 0.667. The maximum absolute atomic E-state index is 8.24. The van der Waals surface area contributed by atoms with Crippen LogP contribution in [0.5, 0.6) is 0 Å². The van der Waals surface area contributed by atoms with E-state index in [1.165, 1.54) is 188 Å². The number of hydrogen-bond acceptors (Lipinski definition) is 2. The molecule has 336 valence electrons. The van der Waals surface area contributed by atoms with Gasteiger partial charge in [0, 0.05) is 10.8 Å². The van der Waals surface area contributed by atoms with Crippen molar-refractivity contribution in [3.8, 4) is 11.4 Å². The lowest BCUT2D eigenvalue weighted by atomic mass is 9.48. The second-order valence-electron chi connectivity index (χ2n) is 27.4. The minimum absolute atomic E-state index is 0.133. The Morgan fingerprint density at radius 3 is 0.938 bits per heavy atom. The van der Waals surface area contributed by atoms with Gasteiger partial charge >= 0.3 is 0 Å². The van der Waals surface area contributed by atoms with Crippen molar-refractivity contribution in [2.75, 3.05) is 0 Å². The van der Waals surface area contributed by atoms with Gasteiger partial charge in [-0.15, -0.1) is 0 Å². The van der Waals surface area contributed by atoms with Crippen molar-refractivity contribution in [1.29, 1.82) is 0 Å². The molecule has 5 aromatic rings. The predicted octanol–water partition coefficient (Wildman–Crippen LogP) is 14.9. The summed E-state index contributed by atoms with van der Waals surface area (Å²) >= 11 is 8.24. The molecule has 0 unspecified atom stereocenters. The molecule has 0 aliphatic heterocycles. The third-order valence-corrected chi connectivity index (χ3v) is 23.5. The molecule has 0 N–H and O–H groups in total. The Hall–Kier alpha value is -3.11. The molecule has 16 saturated carbocycles. The largest absolute Gasteiger partial charge is 0.294 e. The number of fused-ring (bicyclic) bond motifs is 2. The average molecular weight is 882 g/mol. The van der Waals surface area contributed by atoms with E-state index in [4.69, 9.17) is 21.6 Å². The summed E-state index contributed by atoms with van der Waals surface area (Å²) in [4.78, 5) is 11.9. The zero-order valence-corrected chi connectivity index (χ0v) is 39.5. The molecule has 4 nitrogen and oxygen atoms in total. The molecule has 3 aromatic carbocycles. The van der Waals surface area contributed by atoms with E-state index >= 15 is 0 Å². The van der Waals surface area contributed by atoms with Gasteiger partial charge in [-0.2, -0.15) is 0 Å². The van der Waals surface area contributed by atoms with E-state index in [-0.39, 0.29) is 10.8 Å². The fourth-order valence-electron chi connectivity index (χ4n) is 22.6. The van der Waals surface area contributed by atoms with Crippen LogP contribution in [0.3, 0.4) is 0 Å². The van der Waals surface area contributed by atoms with Crippen LogP contribution in [0, 0.1) is 71.0 Å². The van der Waals surface area contributed by atoms with E-state index in [0.29, 0.717) is 10.8 Å². The molecule has 2 aromatic heterocycles. The van der Waals surface area contributed by atoms with Gasteiger partial charge in [0.25, 0.3) is 0 Å². The molecule has 16 aliphatic rings. The Balaban J connectivity index is 0.855. The van der Waals surface area contributed by atoms with Gasteiger partial charge in [-0.3, -0.25) is 9.13 Å². The number of imidazole rings is 2. The highest BCUT2D eigenvalue weighted by Crippen LogP contribution is 2.65. The third-order valence-electron chi connectivity index (χ3n) is 23.1. The minimum atomic E-state index is 0.133. The first kappa shape index (κ1) is 37.8. The normalized spacial score (nSPS) is 45.6. The molecule has 16 fully saturated rings. The lowest BCUT2D eigenvalue weighted by Crippen LogP contribution is -2.49. The van der Waals surface area contributed by atoms with Crippen molar-refractivity contribution in [3.05, 3.63) is 82.4 Å². The molecule has 0 amide bonds. The van der Waals surface area contributed by atoms with E-state index in [2.05, 4.69) is 63.7 Å². The Labute approximate surface area is 391 Å². The highest BCUT2D eigenvalue weighted by atomic mass is 35.5. The SMILES string of the molecule is Clc1c(-n2c(C34CC5CC(CC(C5)C3)C4)nc3cc(C45CC6CC(CC(C6)C4)C5)ccc32)cccc1-n1c(C23CC4CC(CC(C4)C2)C3)nc2cc(C34CC5CC(CC(C5)C3)C4)ccc21. The summed E-state index contributed by atoms with van der Waals surface area (Å²) in [5.41, 5.74) is 11.5. The number of benzene rings is 3. The summed E-state index contributed by atoms with van der Waals surface area (Å²) in [6.45, 7) is 0. The number of halogens is 1. The Kier molecular flexibility index (Phi) is 7.42. The summed E-state index contributed by atoms with van der Waals surface area (Å²) in [5, 5.41) is 0.887. The van der Waals surface area contributed by atoms with Crippen LogP contribution in [0.2, 0.25) is 5.02 Å². The van der Waals surface area contributed by atoms with E-state index in [0.717, 1.165) is 87.4 Å². The number of nitrogens with zero attached hydrogens (tertiary/aromatic N) is 4. The summed E-state index contributed by atoms with van der Waals surface area (Å²) in [7, 11) is 0. The summed E-state index contributed by atoms with van der Waals surface area (Å²) in [6.07, 6.45) is 33.8. The topological polar surface area (TPSA) is 35.6 Å². The molecule has 0 atom stereocenters. The van der Waals surface area contributed by atoms with Crippen molar-refractivity contribution in [1.82, 2.24) is 19.1 Å². The minimum Gasteiger partial charge on any atom is -0.294 e. The molecule has 16 bridgehead atoms. The molecule has 0 spiro atoms. The lowest BCUT2D eigenvalue weighted by Gasteiger charge is -2.57. The molecule has 5 heteroatoms. The van der Waals surface area contributed by atoms with Crippen molar-refractivity contribution in [3.63, 3.8) is 0 Å². The zero-order valence-electron chi connectivity index (χ0n) is 38.8. The van der Waals surface area contributed by atoms with E-state index in [1.54, 1.807) is 11.1 Å². The molecule has 21 rings (SSSR count). The van der Waals surface area contributed by atoms with E-state index in [9.17, 15) is 0 Å². The molecule has 0 saturated heterocycles.